The Bertz CT molecular complexity index is 563. The molecule has 0 saturated carbocycles. The van der Waals surface area contributed by atoms with Gasteiger partial charge in [0.25, 0.3) is 0 Å². The van der Waals surface area contributed by atoms with E-state index in [0.29, 0.717) is 0 Å². The van der Waals surface area contributed by atoms with Crippen molar-refractivity contribution in [3.8, 4) is 0 Å². The minimum atomic E-state index is -1.66. The van der Waals surface area contributed by atoms with E-state index in [4.69, 9.17) is 21.1 Å². The third-order valence-corrected chi connectivity index (χ3v) is 2.61. The summed E-state index contributed by atoms with van der Waals surface area (Å²) in [5, 5.41) is 31.7. The average molecular weight is 362 g/mol. The zero-order valence-electron chi connectivity index (χ0n) is 12.9. The highest BCUT2D eigenvalue weighted by Crippen LogP contribution is 1.92. The van der Waals surface area contributed by atoms with E-state index in [1.54, 1.807) is 0 Å². The van der Waals surface area contributed by atoms with Gasteiger partial charge in [-0.15, -0.1) is 0 Å². The summed E-state index contributed by atoms with van der Waals surface area (Å²) in [5.41, 5.74) is 5.26. The Hall–Kier alpha value is -3.22. The molecule has 0 spiro atoms. The molecule has 8 N–H and O–H groups in total. The van der Waals surface area contributed by atoms with Crippen LogP contribution in [0.2, 0.25) is 0 Å². The van der Waals surface area contributed by atoms with Gasteiger partial charge < -0.3 is 37.0 Å². The van der Waals surface area contributed by atoms with Gasteiger partial charge in [-0.25, -0.2) is 4.79 Å². The highest BCUT2D eigenvalue weighted by atomic mass is 16.4. The number of carbonyl (C=O) groups excluding carboxylic acids is 3. The summed E-state index contributed by atoms with van der Waals surface area (Å²) in [4.78, 5) is 65.8. The van der Waals surface area contributed by atoms with Crippen LogP contribution in [-0.4, -0.2) is 76.1 Å². The summed E-state index contributed by atoms with van der Waals surface area (Å²) in [7, 11) is 0. The van der Waals surface area contributed by atoms with Gasteiger partial charge in [0.1, 0.15) is 6.04 Å². The van der Waals surface area contributed by atoms with E-state index < -0.39 is 73.6 Å². The molecule has 0 heterocycles. The molecule has 0 bridgehead atoms. The summed E-state index contributed by atoms with van der Waals surface area (Å²) in [5.74, 6) is -6.93. The second-order valence-electron chi connectivity index (χ2n) is 4.76. The summed E-state index contributed by atoms with van der Waals surface area (Å²) < 4.78 is 0. The van der Waals surface area contributed by atoms with Gasteiger partial charge in [0.2, 0.25) is 17.7 Å². The van der Waals surface area contributed by atoms with Gasteiger partial charge >= 0.3 is 17.9 Å². The van der Waals surface area contributed by atoms with Crippen molar-refractivity contribution in [2.45, 2.75) is 24.9 Å². The van der Waals surface area contributed by atoms with Crippen molar-refractivity contribution in [3.05, 3.63) is 0 Å². The zero-order chi connectivity index (χ0) is 19.6. The molecule has 0 rings (SSSR count). The molecule has 0 aromatic rings. The summed E-state index contributed by atoms with van der Waals surface area (Å²) >= 11 is 0. The summed E-state index contributed by atoms with van der Waals surface area (Å²) in [6.45, 7) is -1.24. The lowest BCUT2D eigenvalue weighted by atomic mass is 10.2. The maximum Gasteiger partial charge on any atom is 0.326 e. The van der Waals surface area contributed by atoms with Crippen LogP contribution >= 0.6 is 0 Å². The molecule has 2 atom stereocenters. The van der Waals surface area contributed by atoms with Crippen molar-refractivity contribution in [2.75, 3.05) is 13.1 Å². The Morgan fingerprint density at radius 2 is 1.32 bits per heavy atom. The van der Waals surface area contributed by atoms with Gasteiger partial charge in [0, 0.05) is 0 Å². The molecular weight excluding hydrogens is 344 g/mol. The van der Waals surface area contributed by atoms with E-state index in [1.807, 2.05) is 5.32 Å². The topological polar surface area (TPSA) is 225 Å². The Kier molecular flexibility index (Phi) is 9.18. The number of rotatable bonds is 11. The van der Waals surface area contributed by atoms with Gasteiger partial charge in [0.15, 0.2) is 0 Å². The van der Waals surface area contributed by atoms with Gasteiger partial charge in [-0.3, -0.25) is 24.0 Å². The fourth-order valence-corrected chi connectivity index (χ4v) is 1.44. The van der Waals surface area contributed by atoms with Gasteiger partial charge in [-0.05, 0) is 0 Å². The van der Waals surface area contributed by atoms with Gasteiger partial charge in [-0.2, -0.15) is 0 Å². The first-order chi connectivity index (χ1) is 11.5. The van der Waals surface area contributed by atoms with Crippen LogP contribution < -0.4 is 21.7 Å². The first-order valence-electron chi connectivity index (χ1n) is 6.78. The molecule has 25 heavy (non-hydrogen) atoms. The lowest BCUT2D eigenvalue weighted by molar-refractivity contribution is -0.147. The molecule has 13 heteroatoms. The predicted molar refractivity (Wildman–Crippen MR) is 78.1 cm³/mol. The van der Waals surface area contributed by atoms with Crippen molar-refractivity contribution in [1.82, 2.24) is 16.0 Å². The number of hydrogen-bond acceptors (Lipinski definition) is 7. The Morgan fingerprint density at radius 1 is 0.800 bits per heavy atom. The number of carboxylic acid groups (broad SMARTS) is 3. The number of carboxylic acids is 3. The molecular formula is C12H18N4O9. The van der Waals surface area contributed by atoms with E-state index in [2.05, 4.69) is 10.6 Å². The predicted octanol–water partition coefficient (Wildman–Crippen LogP) is -3.94. The van der Waals surface area contributed by atoms with Crippen molar-refractivity contribution < 1.29 is 44.1 Å². The molecule has 0 aliphatic carbocycles. The van der Waals surface area contributed by atoms with Crippen LogP contribution in [-0.2, 0) is 28.8 Å². The van der Waals surface area contributed by atoms with E-state index in [0.717, 1.165) is 0 Å². The molecule has 0 fully saturated rings. The molecule has 0 aromatic heterocycles. The van der Waals surface area contributed by atoms with E-state index in [9.17, 15) is 28.8 Å². The maximum absolute atomic E-state index is 11.5. The van der Waals surface area contributed by atoms with Crippen LogP contribution in [0.5, 0.6) is 0 Å². The van der Waals surface area contributed by atoms with Crippen LogP contribution in [0.15, 0.2) is 0 Å². The molecule has 140 valence electrons. The number of nitrogens with two attached hydrogens (primary N) is 1. The van der Waals surface area contributed by atoms with Crippen LogP contribution in [0.25, 0.3) is 0 Å². The van der Waals surface area contributed by atoms with Crippen LogP contribution in [0.3, 0.4) is 0 Å². The van der Waals surface area contributed by atoms with Crippen LogP contribution in [0.4, 0.5) is 0 Å². The lowest BCUT2D eigenvalue weighted by Crippen LogP contribution is -2.49. The van der Waals surface area contributed by atoms with Gasteiger partial charge in [0.05, 0.1) is 32.0 Å². The van der Waals surface area contributed by atoms with E-state index >= 15 is 0 Å². The molecule has 0 aliphatic rings. The number of carbonyl (C=O) groups is 6. The monoisotopic (exact) mass is 362 g/mol. The third-order valence-electron chi connectivity index (χ3n) is 2.61. The number of nitrogens with one attached hydrogen (secondary N) is 3. The first kappa shape index (κ1) is 21.8. The largest absolute Gasteiger partial charge is 0.481 e. The minimum absolute atomic E-state index is 0.586. The molecule has 3 amide bonds. The number of hydrogen-bond donors (Lipinski definition) is 7. The number of aliphatic carboxylic acids is 3. The normalized spacial score (nSPS) is 12.4. The zero-order valence-corrected chi connectivity index (χ0v) is 12.9. The fraction of sp³-hybridized carbons (Fsp3) is 0.500. The highest BCUT2D eigenvalue weighted by molar-refractivity contribution is 5.92. The van der Waals surface area contributed by atoms with E-state index in [-0.39, 0.29) is 0 Å². The third kappa shape index (κ3) is 10.2. The minimum Gasteiger partial charge on any atom is -0.481 e. The maximum atomic E-state index is 11.5. The fourth-order valence-electron chi connectivity index (χ4n) is 1.44. The van der Waals surface area contributed by atoms with Crippen LogP contribution in [0, 0.1) is 0 Å². The van der Waals surface area contributed by atoms with Crippen molar-refractivity contribution in [1.29, 1.82) is 0 Å². The molecule has 0 saturated heterocycles. The van der Waals surface area contributed by atoms with Gasteiger partial charge in [-0.1, -0.05) is 0 Å². The quantitative estimate of drug-likeness (QED) is 0.189. The Balaban J connectivity index is 4.21. The molecule has 2 unspecified atom stereocenters. The Labute approximate surface area is 140 Å². The number of amides is 3. The van der Waals surface area contributed by atoms with E-state index in [1.165, 1.54) is 0 Å². The average Bonchev–Trinajstić information content (AvgIpc) is 2.48. The SMILES string of the molecule is NC(CC(=O)O)C(=O)NCC(=O)NCC(=O)NC(CC(=O)O)C(=O)O. The summed E-state index contributed by atoms with van der Waals surface area (Å²) in [6.07, 6.45) is -1.47. The lowest BCUT2D eigenvalue weighted by Gasteiger charge is -2.13. The Morgan fingerprint density at radius 3 is 1.80 bits per heavy atom. The second kappa shape index (κ2) is 10.5. The van der Waals surface area contributed by atoms with Crippen molar-refractivity contribution in [2.24, 2.45) is 5.73 Å². The van der Waals surface area contributed by atoms with Crippen molar-refractivity contribution in [3.63, 3.8) is 0 Å². The molecule has 0 aliphatic heterocycles. The summed E-state index contributed by atoms with van der Waals surface area (Å²) in [6, 6.07) is -3.00. The van der Waals surface area contributed by atoms with Crippen LogP contribution in [0.1, 0.15) is 12.8 Å². The first-order valence-corrected chi connectivity index (χ1v) is 6.78. The smallest absolute Gasteiger partial charge is 0.326 e. The molecule has 0 radical (unpaired) electrons. The highest BCUT2D eigenvalue weighted by Gasteiger charge is 2.23. The molecule has 13 nitrogen and oxygen atoms in total. The second-order valence-corrected chi connectivity index (χ2v) is 4.76. The standard InChI is InChI=1S/C12H18N4O9/c13-5(1-9(19)20)11(23)15-3-7(17)14-4-8(18)16-6(12(24)25)2-10(21)22/h5-6H,1-4,13H2,(H,14,17)(H,15,23)(H,16,18)(H,19,20)(H,21,22)(H,24,25). The van der Waals surface area contributed by atoms with Crippen molar-refractivity contribution >= 4 is 35.6 Å². The molecule has 0 aromatic carbocycles.